The molecule has 0 radical (unpaired) electrons. The van der Waals surface area contributed by atoms with Gasteiger partial charge in [-0.3, -0.25) is 0 Å². The average Bonchev–Trinajstić information content (AvgIpc) is 2.81. The summed E-state index contributed by atoms with van der Waals surface area (Å²) in [4.78, 5) is 4.37. The number of aromatic nitrogens is 2. The number of hydrogen-bond acceptors (Lipinski definition) is 4. The van der Waals surface area contributed by atoms with Crippen LogP contribution in [0.2, 0.25) is 0 Å². The van der Waals surface area contributed by atoms with Gasteiger partial charge in [0.05, 0.1) is 0 Å². The molecule has 0 N–H and O–H groups in total. The zero-order valence-electron chi connectivity index (χ0n) is 10.6. The first kappa shape index (κ1) is 12.8. The van der Waals surface area contributed by atoms with Crippen molar-refractivity contribution in [3.05, 3.63) is 48.3 Å². The summed E-state index contributed by atoms with van der Waals surface area (Å²) < 4.78 is 10.1. The predicted octanol–water partition coefficient (Wildman–Crippen LogP) is 4.18. The van der Waals surface area contributed by atoms with Gasteiger partial charge in [0.1, 0.15) is 11.6 Å². The molecule has 4 heteroatoms. The second kappa shape index (κ2) is 5.78. The maximum absolute atomic E-state index is 5.79. The molecule has 1 heterocycles. The van der Waals surface area contributed by atoms with E-state index in [1.54, 1.807) is 0 Å². The maximum atomic E-state index is 5.79. The van der Waals surface area contributed by atoms with Gasteiger partial charge in [-0.05, 0) is 18.1 Å². The molecule has 18 heavy (non-hydrogen) atoms. The highest BCUT2D eigenvalue weighted by atomic mass is 32.1. The summed E-state index contributed by atoms with van der Waals surface area (Å²) in [5.74, 6) is 1.97. The van der Waals surface area contributed by atoms with E-state index in [9.17, 15) is 0 Å². The number of hydrogen-bond donors (Lipinski definition) is 0. The third kappa shape index (κ3) is 2.96. The average molecular weight is 260 g/mol. The van der Waals surface area contributed by atoms with Crippen LogP contribution in [-0.2, 0) is 6.42 Å². The fraction of sp³-hybridized carbons (Fsp3) is 0.286. The van der Waals surface area contributed by atoms with Crippen molar-refractivity contribution < 1.29 is 4.74 Å². The lowest BCUT2D eigenvalue weighted by Crippen LogP contribution is -1.92. The van der Waals surface area contributed by atoms with Crippen LogP contribution < -0.4 is 4.74 Å². The monoisotopic (exact) mass is 260 g/mol. The van der Waals surface area contributed by atoms with E-state index in [4.69, 9.17) is 4.74 Å². The largest absolute Gasteiger partial charge is 0.430 e. The molecule has 0 unspecified atom stereocenters. The van der Waals surface area contributed by atoms with Gasteiger partial charge in [0.2, 0.25) is 0 Å². The Kier molecular flexibility index (Phi) is 4.10. The first-order valence-corrected chi connectivity index (χ1v) is 6.68. The van der Waals surface area contributed by atoms with Gasteiger partial charge in [-0.2, -0.15) is 9.36 Å². The standard InChI is InChI=1S/C14H16N2OS/c1-4-7-11-8-5-6-9-12(11)17-14-15-13(10(2)3)16-18-14/h4-6,8-10H,1,7H2,2-3H3. The molecule has 3 nitrogen and oxygen atoms in total. The molecule has 0 fully saturated rings. The molecule has 2 rings (SSSR count). The van der Waals surface area contributed by atoms with E-state index in [-0.39, 0.29) is 0 Å². The van der Waals surface area contributed by atoms with Gasteiger partial charge in [-0.25, -0.2) is 0 Å². The zero-order valence-corrected chi connectivity index (χ0v) is 11.4. The number of benzene rings is 1. The van der Waals surface area contributed by atoms with Crippen molar-refractivity contribution in [1.82, 2.24) is 9.36 Å². The van der Waals surface area contributed by atoms with Crippen molar-refractivity contribution in [3.8, 4) is 10.9 Å². The second-order valence-corrected chi connectivity index (χ2v) is 4.99. The molecule has 0 aliphatic carbocycles. The molecule has 94 valence electrons. The summed E-state index contributed by atoms with van der Waals surface area (Å²) in [5.41, 5.74) is 1.11. The molecule has 0 atom stereocenters. The highest BCUT2D eigenvalue weighted by Gasteiger charge is 2.10. The SMILES string of the molecule is C=CCc1ccccc1Oc1nc(C(C)C)ns1. The van der Waals surface area contributed by atoms with Crippen LogP contribution in [0.1, 0.15) is 31.2 Å². The van der Waals surface area contributed by atoms with Crippen molar-refractivity contribution in [2.75, 3.05) is 0 Å². The van der Waals surface area contributed by atoms with E-state index in [0.717, 1.165) is 23.6 Å². The summed E-state index contributed by atoms with van der Waals surface area (Å²) in [6, 6.07) is 7.91. The molecule has 1 aromatic carbocycles. The van der Waals surface area contributed by atoms with Crippen LogP contribution in [0.5, 0.6) is 10.9 Å². The van der Waals surface area contributed by atoms with Crippen LogP contribution >= 0.6 is 11.5 Å². The maximum Gasteiger partial charge on any atom is 0.298 e. The minimum Gasteiger partial charge on any atom is -0.430 e. The smallest absolute Gasteiger partial charge is 0.298 e. The van der Waals surface area contributed by atoms with Crippen molar-refractivity contribution in [1.29, 1.82) is 0 Å². The fourth-order valence-corrected chi connectivity index (χ4v) is 2.20. The summed E-state index contributed by atoms with van der Waals surface area (Å²) in [5, 5.41) is 0.593. The highest BCUT2D eigenvalue weighted by Crippen LogP contribution is 2.28. The fourth-order valence-electron chi connectivity index (χ4n) is 1.52. The first-order chi connectivity index (χ1) is 8.70. The van der Waals surface area contributed by atoms with Gasteiger partial charge in [-0.15, -0.1) is 6.58 Å². The summed E-state index contributed by atoms with van der Waals surface area (Å²) in [6.45, 7) is 7.88. The van der Waals surface area contributed by atoms with Crippen LogP contribution in [0.15, 0.2) is 36.9 Å². The molecular formula is C14H16N2OS. The lowest BCUT2D eigenvalue weighted by atomic mass is 10.1. The number of allylic oxidation sites excluding steroid dienone is 1. The normalized spacial score (nSPS) is 10.6. The number of ether oxygens (including phenoxy) is 1. The van der Waals surface area contributed by atoms with E-state index < -0.39 is 0 Å². The second-order valence-electron chi connectivity index (χ2n) is 4.28. The minimum atomic E-state index is 0.321. The Balaban J connectivity index is 2.19. The van der Waals surface area contributed by atoms with E-state index in [0.29, 0.717) is 11.1 Å². The van der Waals surface area contributed by atoms with Gasteiger partial charge in [0.25, 0.3) is 5.19 Å². The van der Waals surface area contributed by atoms with Crippen LogP contribution in [0, 0.1) is 0 Å². The molecule has 0 amide bonds. The molecular weight excluding hydrogens is 244 g/mol. The quantitative estimate of drug-likeness (QED) is 0.756. The zero-order chi connectivity index (χ0) is 13.0. The Morgan fingerprint density at radius 2 is 2.17 bits per heavy atom. The topological polar surface area (TPSA) is 35.0 Å². The van der Waals surface area contributed by atoms with Gasteiger partial charge in [0.15, 0.2) is 0 Å². The van der Waals surface area contributed by atoms with Crippen molar-refractivity contribution in [2.24, 2.45) is 0 Å². The number of nitrogens with zero attached hydrogens (tertiary/aromatic N) is 2. The van der Waals surface area contributed by atoms with E-state index in [1.165, 1.54) is 11.5 Å². The van der Waals surface area contributed by atoms with Crippen molar-refractivity contribution >= 4 is 11.5 Å². The lowest BCUT2D eigenvalue weighted by molar-refractivity contribution is 0.471. The third-order valence-corrected chi connectivity index (χ3v) is 3.08. The van der Waals surface area contributed by atoms with Crippen LogP contribution in [0.3, 0.4) is 0 Å². The minimum absolute atomic E-state index is 0.321. The molecule has 0 bridgehead atoms. The summed E-state index contributed by atoms with van der Waals surface area (Å²) in [7, 11) is 0. The first-order valence-electron chi connectivity index (χ1n) is 5.91. The van der Waals surface area contributed by atoms with Crippen LogP contribution in [0.4, 0.5) is 0 Å². The van der Waals surface area contributed by atoms with Crippen LogP contribution in [-0.4, -0.2) is 9.36 Å². The van der Waals surface area contributed by atoms with E-state index in [1.807, 2.05) is 30.3 Å². The van der Waals surface area contributed by atoms with Gasteiger partial charge >= 0.3 is 0 Å². The van der Waals surface area contributed by atoms with Gasteiger partial charge in [-0.1, -0.05) is 38.1 Å². The molecule has 0 spiro atoms. The van der Waals surface area contributed by atoms with Gasteiger partial charge < -0.3 is 4.74 Å². The summed E-state index contributed by atoms with van der Waals surface area (Å²) >= 11 is 1.29. The molecule has 1 aromatic heterocycles. The number of rotatable bonds is 5. The Hall–Kier alpha value is -1.68. The molecule has 0 saturated carbocycles. The third-order valence-electron chi connectivity index (χ3n) is 2.47. The Morgan fingerprint density at radius 1 is 1.39 bits per heavy atom. The molecule has 0 saturated heterocycles. The van der Waals surface area contributed by atoms with Crippen molar-refractivity contribution in [2.45, 2.75) is 26.2 Å². The molecule has 2 aromatic rings. The summed E-state index contributed by atoms with van der Waals surface area (Å²) in [6.07, 6.45) is 2.65. The number of para-hydroxylation sites is 1. The highest BCUT2D eigenvalue weighted by molar-refractivity contribution is 7.07. The van der Waals surface area contributed by atoms with E-state index in [2.05, 4.69) is 29.8 Å². The van der Waals surface area contributed by atoms with E-state index >= 15 is 0 Å². The molecule has 0 aliphatic rings. The molecule has 0 aliphatic heterocycles. The lowest BCUT2D eigenvalue weighted by Gasteiger charge is -2.06. The van der Waals surface area contributed by atoms with Crippen molar-refractivity contribution in [3.63, 3.8) is 0 Å². The van der Waals surface area contributed by atoms with Gasteiger partial charge in [0, 0.05) is 17.5 Å². The Morgan fingerprint density at radius 3 is 2.83 bits per heavy atom. The Bertz CT molecular complexity index is 534. The predicted molar refractivity (Wildman–Crippen MR) is 74.4 cm³/mol. The Labute approximate surface area is 111 Å². The van der Waals surface area contributed by atoms with Crippen LogP contribution in [0.25, 0.3) is 0 Å².